The van der Waals surface area contributed by atoms with E-state index < -0.39 is 12.8 Å². The Morgan fingerprint density at radius 2 is 2.17 bits per heavy atom. The number of nitrogens with zero attached hydrogens (tertiary/aromatic N) is 1. The van der Waals surface area contributed by atoms with Crippen molar-refractivity contribution >= 4 is 5.82 Å². The van der Waals surface area contributed by atoms with E-state index in [1.165, 1.54) is 0 Å². The summed E-state index contributed by atoms with van der Waals surface area (Å²) in [5.74, 6) is 0.535. The van der Waals surface area contributed by atoms with E-state index in [-0.39, 0.29) is 18.0 Å². The van der Waals surface area contributed by atoms with Crippen LogP contribution < -0.4 is 10.9 Å². The maximum atomic E-state index is 11.9. The van der Waals surface area contributed by atoms with Gasteiger partial charge in [0, 0.05) is 6.54 Å². The molecule has 5 nitrogen and oxygen atoms in total. The summed E-state index contributed by atoms with van der Waals surface area (Å²) in [5.41, 5.74) is 0.221. The molecule has 1 aliphatic rings. The first-order chi connectivity index (χ1) is 8.46. The van der Waals surface area contributed by atoms with Gasteiger partial charge < -0.3 is 15.0 Å². The number of aromatic amines is 1. The average molecular weight is 263 g/mol. The molecule has 100 valence electrons. The Bertz CT molecular complexity index is 484. The van der Waals surface area contributed by atoms with Gasteiger partial charge in [0.15, 0.2) is 0 Å². The molecular weight excluding hydrogens is 251 g/mol. The molecule has 0 aromatic carbocycles. The van der Waals surface area contributed by atoms with E-state index in [0.29, 0.717) is 24.3 Å². The Morgan fingerprint density at radius 1 is 1.39 bits per heavy atom. The highest BCUT2D eigenvalue weighted by atomic mass is 19.4. The maximum absolute atomic E-state index is 11.9. The zero-order chi connectivity index (χ0) is 13.2. The lowest BCUT2D eigenvalue weighted by Crippen LogP contribution is -2.26. The van der Waals surface area contributed by atoms with Crippen molar-refractivity contribution in [3.63, 3.8) is 0 Å². The largest absolute Gasteiger partial charge is 0.411 e. The first-order valence-electron chi connectivity index (χ1n) is 5.46. The van der Waals surface area contributed by atoms with Crippen LogP contribution in [0, 0.1) is 0 Å². The number of alkyl halides is 3. The minimum Gasteiger partial charge on any atom is -0.370 e. The summed E-state index contributed by atoms with van der Waals surface area (Å²) >= 11 is 0. The van der Waals surface area contributed by atoms with Crippen molar-refractivity contribution in [1.82, 2.24) is 9.97 Å². The third-order valence-corrected chi connectivity index (χ3v) is 2.47. The van der Waals surface area contributed by atoms with Crippen LogP contribution in [0.1, 0.15) is 17.8 Å². The average Bonchev–Trinajstić information content (AvgIpc) is 2.27. The van der Waals surface area contributed by atoms with Gasteiger partial charge in [0.2, 0.25) is 0 Å². The number of halogens is 3. The summed E-state index contributed by atoms with van der Waals surface area (Å²) in [7, 11) is 0. The highest BCUT2D eigenvalue weighted by Gasteiger charge is 2.27. The third-order valence-electron chi connectivity index (χ3n) is 2.47. The van der Waals surface area contributed by atoms with E-state index in [0.717, 1.165) is 6.42 Å². The van der Waals surface area contributed by atoms with Crippen LogP contribution in [0.2, 0.25) is 0 Å². The summed E-state index contributed by atoms with van der Waals surface area (Å²) in [5, 5.41) is 2.94. The normalized spacial score (nSPS) is 15.1. The number of H-pyrrole nitrogens is 1. The Labute approximate surface area is 100 Å². The molecule has 18 heavy (non-hydrogen) atoms. The van der Waals surface area contributed by atoms with Crippen molar-refractivity contribution in [2.75, 3.05) is 18.5 Å². The molecule has 0 spiro atoms. The first kappa shape index (κ1) is 12.9. The minimum atomic E-state index is -4.38. The predicted molar refractivity (Wildman–Crippen MR) is 57.4 cm³/mol. The zero-order valence-corrected chi connectivity index (χ0v) is 9.43. The molecule has 1 aromatic heterocycles. The van der Waals surface area contributed by atoms with Gasteiger partial charge >= 0.3 is 6.18 Å². The number of rotatable bonds is 3. The zero-order valence-electron chi connectivity index (χ0n) is 9.43. The fourth-order valence-corrected chi connectivity index (χ4v) is 1.73. The Balaban J connectivity index is 2.06. The van der Waals surface area contributed by atoms with Crippen LogP contribution in [0.5, 0.6) is 0 Å². The molecule has 0 fully saturated rings. The smallest absolute Gasteiger partial charge is 0.370 e. The Kier molecular flexibility index (Phi) is 3.55. The molecule has 0 radical (unpaired) electrons. The van der Waals surface area contributed by atoms with E-state index in [4.69, 9.17) is 0 Å². The van der Waals surface area contributed by atoms with Gasteiger partial charge in [0.25, 0.3) is 5.56 Å². The number of aromatic nitrogens is 2. The molecule has 8 heteroatoms. The number of anilines is 1. The molecule has 2 heterocycles. The quantitative estimate of drug-likeness (QED) is 0.860. The molecule has 0 unspecified atom stereocenters. The minimum absolute atomic E-state index is 0.0948. The summed E-state index contributed by atoms with van der Waals surface area (Å²) in [6.45, 7) is -1.03. The van der Waals surface area contributed by atoms with Crippen molar-refractivity contribution in [1.29, 1.82) is 0 Å². The van der Waals surface area contributed by atoms with Crippen LogP contribution in [0.25, 0.3) is 0 Å². The van der Waals surface area contributed by atoms with Crippen LogP contribution in [0.15, 0.2) is 4.79 Å². The van der Waals surface area contributed by atoms with Crippen molar-refractivity contribution < 1.29 is 17.9 Å². The van der Waals surface area contributed by atoms with Gasteiger partial charge in [-0.25, -0.2) is 4.98 Å². The SMILES string of the molecule is O=c1[nH]c(COCC(F)(F)F)nc2c1CCCN2. The maximum Gasteiger partial charge on any atom is 0.411 e. The first-order valence-corrected chi connectivity index (χ1v) is 5.46. The lowest BCUT2D eigenvalue weighted by Gasteiger charge is -2.16. The Morgan fingerprint density at radius 3 is 2.89 bits per heavy atom. The van der Waals surface area contributed by atoms with Gasteiger partial charge in [-0.15, -0.1) is 0 Å². The van der Waals surface area contributed by atoms with Gasteiger partial charge in [-0.05, 0) is 12.8 Å². The summed E-state index contributed by atoms with van der Waals surface area (Å²) in [6, 6.07) is 0. The second kappa shape index (κ2) is 4.97. The fraction of sp³-hybridized carbons (Fsp3) is 0.600. The van der Waals surface area contributed by atoms with Crippen molar-refractivity contribution in [2.24, 2.45) is 0 Å². The third kappa shape index (κ3) is 3.22. The van der Waals surface area contributed by atoms with E-state index in [9.17, 15) is 18.0 Å². The molecule has 1 aliphatic heterocycles. The van der Waals surface area contributed by atoms with Crippen LogP contribution in [0.3, 0.4) is 0 Å². The van der Waals surface area contributed by atoms with Crippen LogP contribution >= 0.6 is 0 Å². The van der Waals surface area contributed by atoms with Crippen molar-refractivity contribution in [3.05, 3.63) is 21.7 Å². The highest BCUT2D eigenvalue weighted by Crippen LogP contribution is 2.17. The molecular formula is C10H12F3N3O2. The van der Waals surface area contributed by atoms with E-state index >= 15 is 0 Å². The van der Waals surface area contributed by atoms with Gasteiger partial charge in [-0.3, -0.25) is 4.79 Å². The fourth-order valence-electron chi connectivity index (χ4n) is 1.73. The van der Waals surface area contributed by atoms with Crippen LogP contribution in [0.4, 0.5) is 19.0 Å². The van der Waals surface area contributed by atoms with Crippen LogP contribution in [-0.4, -0.2) is 29.3 Å². The number of nitrogens with one attached hydrogen (secondary N) is 2. The molecule has 0 atom stereocenters. The molecule has 2 rings (SSSR count). The van der Waals surface area contributed by atoms with Gasteiger partial charge in [-0.2, -0.15) is 13.2 Å². The van der Waals surface area contributed by atoms with Gasteiger partial charge in [-0.1, -0.05) is 0 Å². The highest BCUT2D eigenvalue weighted by molar-refractivity contribution is 5.44. The van der Waals surface area contributed by atoms with Crippen LogP contribution in [-0.2, 0) is 17.8 Å². The number of ether oxygens (including phenoxy) is 1. The van der Waals surface area contributed by atoms with Crippen molar-refractivity contribution in [3.8, 4) is 0 Å². The Hall–Kier alpha value is -1.57. The predicted octanol–water partition coefficient (Wildman–Crippen LogP) is 1.21. The van der Waals surface area contributed by atoms with E-state index in [1.807, 2.05) is 0 Å². The number of hydrogen-bond acceptors (Lipinski definition) is 4. The summed E-state index contributed by atoms with van der Waals surface area (Å²) in [4.78, 5) is 18.1. The van der Waals surface area contributed by atoms with Gasteiger partial charge in [0.1, 0.15) is 24.9 Å². The second-order valence-corrected chi connectivity index (χ2v) is 3.98. The summed E-state index contributed by atoms with van der Waals surface area (Å²) < 4.78 is 40.1. The molecule has 0 saturated carbocycles. The molecule has 2 N–H and O–H groups in total. The number of hydrogen-bond donors (Lipinski definition) is 2. The topological polar surface area (TPSA) is 67.0 Å². The monoisotopic (exact) mass is 263 g/mol. The second-order valence-electron chi connectivity index (χ2n) is 3.98. The molecule has 1 aromatic rings. The standard InChI is InChI=1S/C10H12F3N3O2/c11-10(12,13)5-18-4-7-15-8-6(9(17)16-7)2-1-3-14-8/h1-5H2,(H2,14,15,16,17). The van der Waals surface area contributed by atoms with E-state index in [1.54, 1.807) is 0 Å². The lowest BCUT2D eigenvalue weighted by molar-refractivity contribution is -0.177. The van der Waals surface area contributed by atoms with Gasteiger partial charge in [0.05, 0.1) is 5.56 Å². The van der Waals surface area contributed by atoms with E-state index in [2.05, 4.69) is 20.0 Å². The molecule has 0 amide bonds. The molecule has 0 bridgehead atoms. The number of fused-ring (bicyclic) bond motifs is 1. The summed E-state index contributed by atoms with van der Waals surface area (Å²) in [6.07, 6.45) is -2.93. The lowest BCUT2D eigenvalue weighted by atomic mass is 10.1. The van der Waals surface area contributed by atoms with Crippen molar-refractivity contribution in [2.45, 2.75) is 25.6 Å². The molecule has 0 aliphatic carbocycles. The molecule has 0 saturated heterocycles.